The lowest BCUT2D eigenvalue weighted by molar-refractivity contribution is 0.0527. The maximum atomic E-state index is 15.3. The van der Waals surface area contributed by atoms with Crippen molar-refractivity contribution in [2.24, 2.45) is 0 Å². The molecular weight excluding hydrogens is 651 g/mol. The quantitative estimate of drug-likeness (QED) is 0.193. The maximum Gasteiger partial charge on any atom is 0.412 e. The van der Waals surface area contributed by atoms with Gasteiger partial charge in [-0.3, -0.25) is 5.32 Å². The third-order valence-corrected chi connectivity index (χ3v) is 9.13. The number of carbonyl (C=O) groups is 2. The van der Waals surface area contributed by atoms with E-state index in [0.717, 1.165) is 38.4 Å². The summed E-state index contributed by atoms with van der Waals surface area (Å²) in [5.74, 6) is -0.537. The van der Waals surface area contributed by atoms with Gasteiger partial charge in [0.1, 0.15) is 28.1 Å². The number of aromatic nitrogens is 1. The van der Waals surface area contributed by atoms with E-state index in [2.05, 4.69) is 16.7 Å². The first kappa shape index (κ1) is 33.7. The highest BCUT2D eigenvalue weighted by Gasteiger charge is 2.30. The van der Waals surface area contributed by atoms with Crippen LogP contribution in [0.15, 0.2) is 23.2 Å². The van der Waals surface area contributed by atoms with Crippen molar-refractivity contribution in [2.75, 3.05) is 18.1 Å². The highest BCUT2D eigenvalue weighted by Crippen LogP contribution is 2.49. The molecular formula is C33H34ClFN4O5S2. The van der Waals surface area contributed by atoms with Crippen LogP contribution < -0.4 is 10.6 Å². The van der Waals surface area contributed by atoms with E-state index in [1.54, 1.807) is 47.6 Å². The number of nitrogens with one attached hydrogen (secondary N) is 2. The van der Waals surface area contributed by atoms with E-state index < -0.39 is 29.2 Å². The molecule has 0 spiro atoms. The summed E-state index contributed by atoms with van der Waals surface area (Å²) in [5.41, 5.74) is 3.00. The summed E-state index contributed by atoms with van der Waals surface area (Å²) in [7, 11) is 0. The van der Waals surface area contributed by atoms with E-state index in [4.69, 9.17) is 30.8 Å². The molecule has 0 radical (unpaired) electrons. The normalized spacial score (nSPS) is 13.0. The second-order valence-electron chi connectivity index (χ2n) is 12.7. The number of thiophene rings is 1. The Bertz CT molecular complexity index is 1920. The second kappa shape index (κ2) is 12.9. The third kappa shape index (κ3) is 6.88. The Balaban J connectivity index is 1.66. The molecule has 0 atom stereocenters. The number of halogens is 2. The average Bonchev–Trinajstić information content (AvgIpc) is 3.57. The summed E-state index contributed by atoms with van der Waals surface area (Å²) in [6.07, 6.45) is 1.14. The van der Waals surface area contributed by atoms with Crippen LogP contribution in [0, 0.1) is 17.1 Å². The first-order valence-corrected chi connectivity index (χ1v) is 16.9. The molecule has 0 fully saturated rings. The van der Waals surface area contributed by atoms with Gasteiger partial charge >= 0.3 is 12.2 Å². The number of nitriles is 1. The van der Waals surface area contributed by atoms with Crippen molar-refractivity contribution in [3.8, 4) is 17.2 Å². The zero-order chi connectivity index (χ0) is 33.6. The predicted molar refractivity (Wildman–Crippen MR) is 180 cm³/mol. The number of rotatable bonds is 6. The van der Waals surface area contributed by atoms with Gasteiger partial charge < -0.3 is 19.5 Å². The largest absolute Gasteiger partial charge is 0.444 e. The number of hydrogen-bond acceptors (Lipinski definition) is 9. The Hall–Kier alpha value is -3.63. The minimum absolute atomic E-state index is 0.101. The Morgan fingerprint density at radius 2 is 1.78 bits per heavy atom. The summed E-state index contributed by atoms with van der Waals surface area (Å²) in [5, 5.41) is 18.1. The van der Waals surface area contributed by atoms with E-state index in [9.17, 15) is 14.9 Å². The van der Waals surface area contributed by atoms with Crippen LogP contribution in [0.1, 0.15) is 63.8 Å². The minimum atomic E-state index is -0.767. The number of pyridine rings is 1. The first-order chi connectivity index (χ1) is 21.6. The Morgan fingerprint density at radius 1 is 1.11 bits per heavy atom. The van der Waals surface area contributed by atoms with Gasteiger partial charge in [-0.1, -0.05) is 17.7 Å². The van der Waals surface area contributed by atoms with Crippen molar-refractivity contribution in [1.82, 2.24) is 10.3 Å². The molecule has 9 nitrogen and oxygen atoms in total. The Kier molecular flexibility index (Phi) is 9.44. The smallest absolute Gasteiger partial charge is 0.412 e. The summed E-state index contributed by atoms with van der Waals surface area (Å²) >= 11 is 9.65. The van der Waals surface area contributed by atoms with E-state index in [-0.39, 0.29) is 21.9 Å². The third-order valence-electron chi connectivity index (χ3n) is 7.02. The molecule has 2 N–H and O–H groups in total. The molecule has 1 aliphatic heterocycles. The molecule has 5 rings (SSSR count). The van der Waals surface area contributed by atoms with E-state index in [1.807, 2.05) is 12.3 Å². The topological polar surface area (TPSA) is 123 Å². The van der Waals surface area contributed by atoms with Gasteiger partial charge in [-0.15, -0.1) is 23.1 Å². The van der Waals surface area contributed by atoms with Crippen molar-refractivity contribution in [2.45, 2.75) is 77.4 Å². The van der Waals surface area contributed by atoms with Crippen molar-refractivity contribution in [3.05, 3.63) is 51.3 Å². The lowest BCUT2D eigenvalue weighted by Crippen LogP contribution is -2.33. The molecule has 0 saturated carbocycles. The molecule has 0 saturated heterocycles. The van der Waals surface area contributed by atoms with Crippen LogP contribution in [0.2, 0.25) is 5.02 Å². The molecule has 4 aromatic rings. The van der Waals surface area contributed by atoms with Gasteiger partial charge in [0.2, 0.25) is 0 Å². The molecule has 0 aliphatic carbocycles. The van der Waals surface area contributed by atoms with Crippen LogP contribution in [0.4, 0.5) is 19.0 Å². The number of ether oxygens (including phenoxy) is 3. The molecule has 242 valence electrons. The highest BCUT2D eigenvalue weighted by atomic mass is 35.5. The van der Waals surface area contributed by atoms with Crippen LogP contribution in [-0.4, -0.2) is 41.2 Å². The summed E-state index contributed by atoms with van der Waals surface area (Å²) < 4.78 is 32.2. The number of carbonyl (C=O) groups excluding carboxylic acids is 2. The van der Waals surface area contributed by atoms with E-state index in [0.29, 0.717) is 46.6 Å². The molecule has 1 aliphatic rings. The van der Waals surface area contributed by atoms with Crippen molar-refractivity contribution >= 4 is 72.9 Å². The minimum Gasteiger partial charge on any atom is -0.444 e. The van der Waals surface area contributed by atoms with E-state index >= 15 is 4.39 Å². The highest BCUT2D eigenvalue weighted by molar-refractivity contribution is 7.98. The zero-order valence-electron chi connectivity index (χ0n) is 26.6. The number of hydrogen-bond donors (Lipinski definition) is 2. The standard InChI is InChI=1S/C33H34ClFN4O5S2/c1-32(2,3)43-30(40)37-11-10-16-12-22(45-7)38-27-23(16)19-14-42-15-20(19)24(26(27)34)17-8-9-21(35)28-25(17)18(13-36)29(46-28)39-31(41)44-33(4,5)6/h8-9,12H,10-11,14-15H2,1-7H3,(H,37,40)(H,39,41). The van der Waals surface area contributed by atoms with Crippen LogP contribution >= 0.6 is 34.7 Å². The predicted octanol–water partition coefficient (Wildman–Crippen LogP) is 8.95. The lowest BCUT2D eigenvalue weighted by atomic mass is 9.89. The van der Waals surface area contributed by atoms with Crippen molar-refractivity contribution in [1.29, 1.82) is 5.26 Å². The Morgan fingerprint density at radius 3 is 2.43 bits per heavy atom. The molecule has 3 heterocycles. The van der Waals surface area contributed by atoms with Crippen LogP contribution in [0.5, 0.6) is 0 Å². The van der Waals surface area contributed by atoms with Gasteiger partial charge in [-0.2, -0.15) is 5.26 Å². The van der Waals surface area contributed by atoms with Crippen LogP contribution in [0.3, 0.4) is 0 Å². The summed E-state index contributed by atoms with van der Waals surface area (Å²) in [6, 6.07) is 7.06. The van der Waals surface area contributed by atoms with Gasteiger partial charge in [-0.25, -0.2) is 19.0 Å². The van der Waals surface area contributed by atoms with Crippen LogP contribution in [-0.2, 0) is 33.8 Å². The van der Waals surface area contributed by atoms with Gasteiger partial charge in [-0.05, 0) is 88.6 Å². The first-order valence-electron chi connectivity index (χ1n) is 14.5. The van der Waals surface area contributed by atoms with Gasteiger partial charge in [0, 0.05) is 22.9 Å². The van der Waals surface area contributed by atoms with E-state index in [1.165, 1.54) is 17.8 Å². The van der Waals surface area contributed by atoms with Gasteiger partial charge in [0.15, 0.2) is 0 Å². The lowest BCUT2D eigenvalue weighted by Gasteiger charge is -2.20. The molecule has 2 amide bonds. The SMILES string of the molecule is CSc1cc(CCNC(=O)OC(C)(C)C)c2c3c(c(-c4ccc(F)c5sc(NC(=O)OC(C)(C)C)c(C#N)c45)c(Cl)c2n1)COC3. The van der Waals surface area contributed by atoms with Crippen molar-refractivity contribution < 1.29 is 28.2 Å². The number of alkyl carbamates (subject to hydrolysis) is 1. The van der Waals surface area contributed by atoms with Crippen LogP contribution in [0.25, 0.3) is 32.1 Å². The zero-order valence-corrected chi connectivity index (χ0v) is 29.0. The van der Waals surface area contributed by atoms with Gasteiger partial charge in [0.05, 0.1) is 39.0 Å². The molecule has 2 aromatic heterocycles. The monoisotopic (exact) mass is 684 g/mol. The molecule has 0 unspecified atom stereocenters. The molecule has 46 heavy (non-hydrogen) atoms. The fourth-order valence-electron chi connectivity index (χ4n) is 5.36. The number of amides is 2. The fraction of sp³-hybridized carbons (Fsp3) is 0.394. The number of benzene rings is 2. The summed E-state index contributed by atoms with van der Waals surface area (Å²) in [4.78, 5) is 29.8. The van der Waals surface area contributed by atoms with Gasteiger partial charge in [0.25, 0.3) is 0 Å². The fourth-order valence-corrected chi connectivity index (χ4v) is 7.22. The number of nitrogens with zero attached hydrogens (tertiary/aromatic N) is 2. The molecule has 2 aromatic carbocycles. The molecule has 13 heteroatoms. The second-order valence-corrected chi connectivity index (χ2v) is 14.9. The maximum absolute atomic E-state index is 15.3. The number of fused-ring (bicyclic) bond motifs is 4. The summed E-state index contributed by atoms with van der Waals surface area (Å²) in [6.45, 7) is 11.5. The Labute approximate surface area is 279 Å². The number of anilines is 1. The molecule has 0 bridgehead atoms. The van der Waals surface area contributed by atoms with Crippen molar-refractivity contribution in [3.63, 3.8) is 0 Å². The average molecular weight is 685 g/mol. The number of thioether (sulfide) groups is 1.